The second kappa shape index (κ2) is 9.24. The lowest BCUT2D eigenvalue weighted by Gasteiger charge is -2.31. The molecular weight excluding hydrogens is 374 g/mol. The van der Waals surface area contributed by atoms with Crippen LogP contribution in [0.4, 0.5) is 0 Å². The first-order valence-corrected chi connectivity index (χ1v) is 10.9. The van der Waals surface area contributed by atoms with Crippen LogP contribution in [0.25, 0.3) is 11.4 Å². The Morgan fingerprint density at radius 2 is 1.90 bits per heavy atom. The van der Waals surface area contributed by atoms with Crippen LogP contribution < -0.4 is 0 Å². The molecule has 0 N–H and O–H groups in total. The van der Waals surface area contributed by atoms with Crippen molar-refractivity contribution in [3.63, 3.8) is 0 Å². The topological polar surface area (TPSA) is 59.2 Å². The Kier molecular flexibility index (Phi) is 6.26. The minimum atomic E-state index is 0.0817. The highest BCUT2D eigenvalue weighted by Crippen LogP contribution is 2.28. The third kappa shape index (κ3) is 4.61. The molecule has 4 rings (SSSR count). The smallest absolute Gasteiger partial charge is 0.253 e. The van der Waals surface area contributed by atoms with Crippen LogP contribution in [0.1, 0.15) is 65.9 Å². The fourth-order valence-corrected chi connectivity index (χ4v) is 3.96. The first kappa shape index (κ1) is 20.3. The van der Waals surface area contributed by atoms with Gasteiger partial charge in [-0.15, -0.1) is 0 Å². The Balaban J connectivity index is 1.43. The van der Waals surface area contributed by atoms with Gasteiger partial charge in [0, 0.05) is 24.2 Å². The number of benzene rings is 2. The molecule has 1 unspecified atom stereocenters. The molecule has 1 saturated heterocycles. The number of carbonyl (C=O) groups excluding carboxylic acids is 1. The van der Waals surface area contributed by atoms with Crippen molar-refractivity contribution in [1.82, 2.24) is 15.0 Å². The fraction of sp³-hybridized carbons (Fsp3) is 0.400. The summed E-state index contributed by atoms with van der Waals surface area (Å²) in [6.45, 7) is 5.63. The van der Waals surface area contributed by atoms with E-state index in [2.05, 4.69) is 36.1 Å². The molecule has 5 heteroatoms. The maximum Gasteiger partial charge on any atom is 0.253 e. The van der Waals surface area contributed by atoms with Gasteiger partial charge in [0.2, 0.25) is 11.7 Å². The van der Waals surface area contributed by atoms with Crippen LogP contribution in [0.5, 0.6) is 0 Å². The quantitative estimate of drug-likeness (QED) is 0.552. The van der Waals surface area contributed by atoms with Crippen molar-refractivity contribution in [3.05, 3.63) is 71.1 Å². The third-order valence-electron chi connectivity index (χ3n) is 5.83. The summed E-state index contributed by atoms with van der Waals surface area (Å²) in [5, 5.41) is 4.16. The van der Waals surface area contributed by atoms with Gasteiger partial charge in [-0.25, -0.2) is 0 Å². The highest BCUT2D eigenvalue weighted by molar-refractivity contribution is 5.94. The van der Waals surface area contributed by atoms with Gasteiger partial charge in [0.1, 0.15) is 0 Å². The molecule has 0 saturated carbocycles. The molecular formula is C25H29N3O2. The molecule has 0 radical (unpaired) electrons. The molecule has 0 bridgehead atoms. The van der Waals surface area contributed by atoms with Crippen molar-refractivity contribution in [3.8, 4) is 11.4 Å². The molecule has 1 aliphatic heterocycles. The summed E-state index contributed by atoms with van der Waals surface area (Å²) in [7, 11) is 0. The summed E-state index contributed by atoms with van der Waals surface area (Å²) in [5.41, 5.74) is 4.19. The van der Waals surface area contributed by atoms with E-state index in [1.54, 1.807) is 0 Å². The standard InChI is InChI=1S/C25H29N3O2/c1-3-4-6-19-10-14-21(15-11-19)25(29)28-16-5-7-22(17-28)24-26-23(27-30-24)20-12-8-18(2)9-13-20/h8-15,22H,3-7,16-17H2,1-2H3. The lowest BCUT2D eigenvalue weighted by Crippen LogP contribution is -2.39. The van der Waals surface area contributed by atoms with E-state index in [-0.39, 0.29) is 11.8 Å². The summed E-state index contributed by atoms with van der Waals surface area (Å²) in [6.07, 6.45) is 5.31. The Morgan fingerprint density at radius 3 is 2.63 bits per heavy atom. The van der Waals surface area contributed by atoms with Crippen LogP contribution in [0.15, 0.2) is 53.1 Å². The Morgan fingerprint density at radius 1 is 1.13 bits per heavy atom. The first-order valence-electron chi connectivity index (χ1n) is 10.9. The van der Waals surface area contributed by atoms with Gasteiger partial charge in [-0.1, -0.05) is 60.5 Å². The molecule has 1 atom stereocenters. The maximum atomic E-state index is 13.0. The van der Waals surface area contributed by atoms with E-state index in [1.165, 1.54) is 24.0 Å². The van der Waals surface area contributed by atoms with E-state index in [0.29, 0.717) is 18.3 Å². The van der Waals surface area contributed by atoms with Crippen LogP contribution in [0.3, 0.4) is 0 Å². The average molecular weight is 404 g/mol. The van der Waals surface area contributed by atoms with Gasteiger partial charge in [-0.05, 0) is 50.3 Å². The van der Waals surface area contributed by atoms with Gasteiger partial charge in [-0.3, -0.25) is 4.79 Å². The van der Waals surface area contributed by atoms with Crippen LogP contribution in [0.2, 0.25) is 0 Å². The lowest BCUT2D eigenvalue weighted by molar-refractivity contribution is 0.0695. The van der Waals surface area contributed by atoms with Gasteiger partial charge < -0.3 is 9.42 Å². The molecule has 3 aromatic rings. The van der Waals surface area contributed by atoms with Crippen molar-refractivity contribution < 1.29 is 9.32 Å². The second-order valence-corrected chi connectivity index (χ2v) is 8.21. The Labute approximate surface area is 178 Å². The zero-order valence-electron chi connectivity index (χ0n) is 17.8. The molecule has 2 heterocycles. The molecule has 156 valence electrons. The summed E-state index contributed by atoms with van der Waals surface area (Å²) < 4.78 is 5.58. The monoisotopic (exact) mass is 403 g/mol. The predicted octanol–water partition coefficient (Wildman–Crippen LogP) is 5.41. The van der Waals surface area contributed by atoms with Crippen molar-refractivity contribution in [2.24, 2.45) is 0 Å². The number of aryl methyl sites for hydroxylation is 2. The molecule has 1 fully saturated rings. The summed E-state index contributed by atoms with van der Waals surface area (Å²) >= 11 is 0. The maximum absolute atomic E-state index is 13.0. The minimum Gasteiger partial charge on any atom is -0.339 e. The van der Waals surface area contributed by atoms with Gasteiger partial charge in [-0.2, -0.15) is 4.98 Å². The molecule has 1 aliphatic rings. The second-order valence-electron chi connectivity index (χ2n) is 8.21. The Bertz CT molecular complexity index is 976. The number of unbranched alkanes of at least 4 members (excludes halogenated alkanes) is 1. The third-order valence-corrected chi connectivity index (χ3v) is 5.83. The van der Waals surface area contributed by atoms with Crippen molar-refractivity contribution in [1.29, 1.82) is 0 Å². The number of aromatic nitrogens is 2. The average Bonchev–Trinajstić information content (AvgIpc) is 3.28. The van der Waals surface area contributed by atoms with E-state index in [9.17, 15) is 4.79 Å². The zero-order chi connectivity index (χ0) is 20.9. The fourth-order valence-electron chi connectivity index (χ4n) is 3.96. The predicted molar refractivity (Wildman–Crippen MR) is 117 cm³/mol. The summed E-state index contributed by atoms with van der Waals surface area (Å²) in [4.78, 5) is 19.6. The van der Waals surface area contributed by atoms with Gasteiger partial charge in [0.25, 0.3) is 5.91 Å². The van der Waals surface area contributed by atoms with Crippen molar-refractivity contribution in [2.45, 2.75) is 51.9 Å². The van der Waals surface area contributed by atoms with Crippen molar-refractivity contribution >= 4 is 5.91 Å². The highest BCUT2D eigenvalue weighted by atomic mass is 16.5. The molecule has 0 spiro atoms. The number of likely N-dealkylation sites (tertiary alicyclic amines) is 1. The first-order chi connectivity index (χ1) is 14.6. The largest absolute Gasteiger partial charge is 0.339 e. The number of hydrogen-bond acceptors (Lipinski definition) is 4. The molecule has 1 aromatic heterocycles. The van der Waals surface area contributed by atoms with Gasteiger partial charge in [0.05, 0.1) is 5.92 Å². The van der Waals surface area contributed by atoms with Crippen LogP contribution in [-0.4, -0.2) is 34.0 Å². The van der Waals surface area contributed by atoms with E-state index in [4.69, 9.17) is 4.52 Å². The molecule has 1 amide bonds. The van der Waals surface area contributed by atoms with Crippen LogP contribution >= 0.6 is 0 Å². The number of nitrogens with zero attached hydrogens (tertiary/aromatic N) is 3. The molecule has 5 nitrogen and oxygen atoms in total. The summed E-state index contributed by atoms with van der Waals surface area (Å²) in [5.74, 6) is 1.40. The van der Waals surface area contributed by atoms with Gasteiger partial charge >= 0.3 is 0 Å². The van der Waals surface area contributed by atoms with E-state index >= 15 is 0 Å². The normalized spacial score (nSPS) is 16.6. The highest BCUT2D eigenvalue weighted by Gasteiger charge is 2.29. The van der Waals surface area contributed by atoms with Crippen molar-refractivity contribution in [2.75, 3.05) is 13.1 Å². The van der Waals surface area contributed by atoms with Gasteiger partial charge in [0.15, 0.2) is 0 Å². The SMILES string of the molecule is CCCCc1ccc(C(=O)N2CCCC(c3nc(-c4ccc(C)cc4)no3)C2)cc1. The number of hydrogen-bond donors (Lipinski definition) is 0. The van der Waals surface area contributed by atoms with Crippen LogP contribution in [-0.2, 0) is 6.42 Å². The van der Waals surface area contributed by atoms with Crippen LogP contribution in [0, 0.1) is 6.92 Å². The molecule has 2 aromatic carbocycles. The van der Waals surface area contributed by atoms with E-state index < -0.39 is 0 Å². The summed E-state index contributed by atoms with van der Waals surface area (Å²) in [6, 6.07) is 16.2. The number of rotatable bonds is 6. The number of amides is 1. The number of carbonyl (C=O) groups is 1. The number of piperidine rings is 1. The zero-order valence-corrected chi connectivity index (χ0v) is 17.8. The Hall–Kier alpha value is -2.95. The van der Waals surface area contributed by atoms with E-state index in [0.717, 1.165) is 36.9 Å². The minimum absolute atomic E-state index is 0.0817. The molecule has 30 heavy (non-hydrogen) atoms. The van der Waals surface area contributed by atoms with E-state index in [1.807, 2.05) is 41.3 Å². The lowest BCUT2D eigenvalue weighted by atomic mass is 9.97. The molecule has 0 aliphatic carbocycles.